The molecular weight excluding hydrogens is 224 g/mol. The van der Waals surface area contributed by atoms with Crippen molar-refractivity contribution in [1.29, 1.82) is 5.26 Å². The minimum absolute atomic E-state index is 0.101. The highest BCUT2D eigenvalue weighted by Crippen LogP contribution is 2.29. The van der Waals surface area contributed by atoms with Gasteiger partial charge in [-0.1, -0.05) is 6.08 Å². The first-order valence-electron chi connectivity index (χ1n) is 5.48. The van der Waals surface area contributed by atoms with Crippen LogP contribution < -0.4 is 0 Å². The Hall–Kier alpha value is -1.29. The lowest BCUT2D eigenvalue weighted by Crippen LogP contribution is -2.34. The van der Waals surface area contributed by atoms with Crippen LogP contribution in [-0.2, 0) is 0 Å². The van der Waals surface area contributed by atoms with Gasteiger partial charge in [0.05, 0.1) is 24.2 Å². The zero-order chi connectivity index (χ0) is 13.0. The molecule has 0 bridgehead atoms. The summed E-state index contributed by atoms with van der Waals surface area (Å²) in [5, 5.41) is 39.8. The van der Waals surface area contributed by atoms with Crippen molar-refractivity contribution in [2.45, 2.75) is 38.1 Å². The minimum Gasteiger partial charge on any atom is -0.392 e. The van der Waals surface area contributed by atoms with E-state index in [0.717, 1.165) is 0 Å². The number of rotatable bonds is 4. The summed E-state index contributed by atoms with van der Waals surface area (Å²) in [6.45, 7) is 1.52. The SMILES string of the molecule is CC(O)C(C#N)CC1C=C(N=O)C(O)C(O)C1. The van der Waals surface area contributed by atoms with Crippen molar-refractivity contribution in [3.8, 4) is 6.07 Å². The van der Waals surface area contributed by atoms with E-state index in [-0.39, 0.29) is 18.0 Å². The fourth-order valence-corrected chi connectivity index (χ4v) is 1.98. The average Bonchev–Trinajstić information content (AvgIpc) is 2.29. The number of nitriles is 1. The van der Waals surface area contributed by atoms with Crippen LogP contribution in [0.2, 0.25) is 0 Å². The standard InChI is InChI=1S/C11H16N2O4/c1-6(14)8(5-12)2-7-3-9(13-17)11(16)10(15)4-7/h3,6-8,10-11,14-16H,2,4H2,1H3. The van der Waals surface area contributed by atoms with Gasteiger partial charge in [0.25, 0.3) is 0 Å². The second kappa shape index (κ2) is 5.87. The van der Waals surface area contributed by atoms with Crippen LogP contribution in [0.5, 0.6) is 0 Å². The van der Waals surface area contributed by atoms with Crippen LogP contribution in [0.25, 0.3) is 0 Å². The van der Waals surface area contributed by atoms with Crippen LogP contribution >= 0.6 is 0 Å². The first-order chi connectivity index (χ1) is 7.99. The van der Waals surface area contributed by atoms with Gasteiger partial charge in [-0.05, 0) is 30.9 Å². The predicted molar refractivity (Wildman–Crippen MR) is 59.4 cm³/mol. The molecule has 0 aromatic rings. The van der Waals surface area contributed by atoms with Gasteiger partial charge in [0.2, 0.25) is 0 Å². The lowest BCUT2D eigenvalue weighted by Gasteiger charge is -2.28. The molecule has 3 N–H and O–H groups in total. The summed E-state index contributed by atoms with van der Waals surface area (Å²) in [5.41, 5.74) is -0.101. The topological polar surface area (TPSA) is 114 Å². The van der Waals surface area contributed by atoms with Crippen molar-refractivity contribution < 1.29 is 15.3 Å². The Morgan fingerprint density at radius 2 is 2.29 bits per heavy atom. The molecule has 6 nitrogen and oxygen atoms in total. The van der Waals surface area contributed by atoms with E-state index in [9.17, 15) is 20.2 Å². The molecule has 0 heterocycles. The Bertz CT molecular complexity index is 348. The summed E-state index contributed by atoms with van der Waals surface area (Å²) in [5.74, 6) is -0.799. The van der Waals surface area contributed by atoms with E-state index in [4.69, 9.17) is 5.26 Å². The highest BCUT2D eigenvalue weighted by molar-refractivity contribution is 5.15. The van der Waals surface area contributed by atoms with Gasteiger partial charge in [-0.3, -0.25) is 0 Å². The van der Waals surface area contributed by atoms with Gasteiger partial charge < -0.3 is 15.3 Å². The summed E-state index contributed by atoms with van der Waals surface area (Å²) in [7, 11) is 0. The van der Waals surface area contributed by atoms with Crippen LogP contribution in [0.4, 0.5) is 0 Å². The third-order valence-corrected chi connectivity index (χ3v) is 3.03. The number of nitrogens with zero attached hydrogens (tertiary/aromatic N) is 2. The van der Waals surface area contributed by atoms with E-state index < -0.39 is 24.2 Å². The van der Waals surface area contributed by atoms with Crippen molar-refractivity contribution in [2.24, 2.45) is 17.0 Å². The molecule has 1 aliphatic rings. The molecular formula is C11H16N2O4. The summed E-state index contributed by atoms with van der Waals surface area (Å²) in [4.78, 5) is 10.4. The number of hydrogen-bond acceptors (Lipinski definition) is 6. The smallest absolute Gasteiger partial charge is 0.125 e. The molecule has 6 heteroatoms. The van der Waals surface area contributed by atoms with E-state index in [2.05, 4.69) is 5.18 Å². The molecule has 1 aliphatic carbocycles. The fraction of sp³-hybridized carbons (Fsp3) is 0.727. The van der Waals surface area contributed by atoms with Crippen LogP contribution in [0.15, 0.2) is 16.9 Å². The van der Waals surface area contributed by atoms with Gasteiger partial charge in [-0.25, -0.2) is 0 Å². The van der Waals surface area contributed by atoms with Crippen LogP contribution in [0.1, 0.15) is 19.8 Å². The third kappa shape index (κ3) is 3.33. The van der Waals surface area contributed by atoms with E-state index in [1.807, 2.05) is 6.07 Å². The third-order valence-electron chi connectivity index (χ3n) is 3.03. The van der Waals surface area contributed by atoms with Gasteiger partial charge in [0, 0.05) is 0 Å². The summed E-state index contributed by atoms with van der Waals surface area (Å²) < 4.78 is 0. The molecule has 0 saturated heterocycles. The lowest BCUT2D eigenvalue weighted by atomic mass is 9.82. The molecule has 0 radical (unpaired) electrons. The zero-order valence-electron chi connectivity index (χ0n) is 9.52. The Labute approximate surface area is 99.2 Å². The Morgan fingerprint density at radius 1 is 1.65 bits per heavy atom. The Kier molecular flexibility index (Phi) is 4.75. The molecule has 0 aromatic carbocycles. The van der Waals surface area contributed by atoms with Crippen LogP contribution in [-0.4, -0.2) is 33.6 Å². The van der Waals surface area contributed by atoms with Crippen molar-refractivity contribution >= 4 is 0 Å². The van der Waals surface area contributed by atoms with E-state index in [1.54, 1.807) is 0 Å². The largest absolute Gasteiger partial charge is 0.392 e. The predicted octanol–water partition coefficient (Wildman–Crippen LogP) is 0.289. The molecule has 5 atom stereocenters. The highest BCUT2D eigenvalue weighted by Gasteiger charge is 2.32. The molecule has 17 heavy (non-hydrogen) atoms. The lowest BCUT2D eigenvalue weighted by molar-refractivity contribution is 0.0166. The van der Waals surface area contributed by atoms with E-state index >= 15 is 0 Å². The minimum atomic E-state index is -1.25. The summed E-state index contributed by atoms with van der Waals surface area (Å²) in [6, 6.07) is 1.98. The molecule has 1 rings (SSSR count). The van der Waals surface area contributed by atoms with Gasteiger partial charge in [-0.15, -0.1) is 4.91 Å². The maximum Gasteiger partial charge on any atom is 0.125 e. The van der Waals surface area contributed by atoms with E-state index in [1.165, 1.54) is 13.0 Å². The molecule has 0 aliphatic heterocycles. The monoisotopic (exact) mass is 240 g/mol. The van der Waals surface area contributed by atoms with Gasteiger partial charge in [-0.2, -0.15) is 5.26 Å². The summed E-state index contributed by atoms with van der Waals surface area (Å²) >= 11 is 0. The second-order valence-corrected chi connectivity index (χ2v) is 4.40. The zero-order valence-corrected chi connectivity index (χ0v) is 9.52. The quantitative estimate of drug-likeness (QED) is 0.611. The van der Waals surface area contributed by atoms with Crippen molar-refractivity contribution in [3.05, 3.63) is 16.7 Å². The number of aliphatic hydroxyl groups is 3. The number of aliphatic hydroxyl groups excluding tert-OH is 3. The van der Waals surface area contributed by atoms with Crippen LogP contribution in [0.3, 0.4) is 0 Å². The van der Waals surface area contributed by atoms with Crippen molar-refractivity contribution in [2.75, 3.05) is 0 Å². The van der Waals surface area contributed by atoms with E-state index in [0.29, 0.717) is 6.42 Å². The summed E-state index contributed by atoms with van der Waals surface area (Å²) in [6.07, 6.45) is -1.02. The first-order valence-corrected chi connectivity index (χ1v) is 5.48. The molecule has 0 fully saturated rings. The molecule has 5 unspecified atom stereocenters. The Balaban J connectivity index is 2.76. The van der Waals surface area contributed by atoms with Crippen molar-refractivity contribution in [3.63, 3.8) is 0 Å². The van der Waals surface area contributed by atoms with Gasteiger partial charge in [0.1, 0.15) is 11.8 Å². The Morgan fingerprint density at radius 3 is 2.76 bits per heavy atom. The fourth-order valence-electron chi connectivity index (χ4n) is 1.98. The number of hydrogen-bond donors (Lipinski definition) is 3. The molecule has 0 amide bonds. The van der Waals surface area contributed by atoms with Gasteiger partial charge in [0.15, 0.2) is 0 Å². The highest BCUT2D eigenvalue weighted by atomic mass is 16.3. The number of allylic oxidation sites excluding steroid dienone is 1. The molecule has 0 spiro atoms. The van der Waals surface area contributed by atoms with Crippen molar-refractivity contribution in [1.82, 2.24) is 0 Å². The first kappa shape index (κ1) is 13.8. The normalized spacial score (nSPS) is 32.2. The average molecular weight is 240 g/mol. The molecule has 0 saturated carbocycles. The number of nitroso groups, excluding NO2 is 1. The molecule has 0 aromatic heterocycles. The maximum atomic E-state index is 10.4. The van der Waals surface area contributed by atoms with Crippen LogP contribution in [0, 0.1) is 28.1 Å². The second-order valence-electron chi connectivity index (χ2n) is 4.40. The maximum absolute atomic E-state index is 10.4. The van der Waals surface area contributed by atoms with Gasteiger partial charge >= 0.3 is 0 Å². The molecule has 94 valence electrons.